The van der Waals surface area contributed by atoms with Crippen molar-refractivity contribution in [2.24, 2.45) is 0 Å². The second kappa shape index (κ2) is 7.53. The molecule has 6 heteroatoms. The van der Waals surface area contributed by atoms with Crippen molar-refractivity contribution in [3.63, 3.8) is 0 Å². The van der Waals surface area contributed by atoms with Gasteiger partial charge in [-0.25, -0.2) is 0 Å². The topological polar surface area (TPSA) is 51.0 Å². The van der Waals surface area contributed by atoms with Gasteiger partial charge < -0.3 is 9.84 Å². The van der Waals surface area contributed by atoms with Crippen LogP contribution >= 0.6 is 23.4 Å². The summed E-state index contributed by atoms with van der Waals surface area (Å²) in [5, 5.41) is 7.80. The predicted octanol–water partition coefficient (Wildman–Crippen LogP) is 3.17. The lowest BCUT2D eigenvalue weighted by molar-refractivity contribution is 0.371. The van der Waals surface area contributed by atoms with Crippen LogP contribution in [-0.2, 0) is 12.2 Å². The Hall–Kier alpha value is -1.04. The first-order valence-electron chi connectivity index (χ1n) is 6.12. The van der Waals surface area contributed by atoms with E-state index in [2.05, 4.69) is 15.5 Å². The molecule has 1 aromatic carbocycles. The first kappa shape index (κ1) is 14.4. The standard InChI is InChI=1S/C13H16ClN3OS/c1-15-7-3-6-13-16-12(17-18-13)9-19-11-5-2-4-10(14)8-11/h2,4-5,8,15H,3,6-7,9H2,1H3. The summed E-state index contributed by atoms with van der Waals surface area (Å²) in [7, 11) is 1.93. The molecule has 0 bridgehead atoms. The third-order valence-electron chi connectivity index (χ3n) is 2.49. The number of aromatic nitrogens is 2. The zero-order valence-corrected chi connectivity index (χ0v) is 12.3. The lowest BCUT2D eigenvalue weighted by Gasteiger charge is -1.98. The van der Waals surface area contributed by atoms with Gasteiger partial charge >= 0.3 is 0 Å². The lowest BCUT2D eigenvalue weighted by atomic mass is 10.3. The molecule has 0 unspecified atom stereocenters. The quantitative estimate of drug-likeness (QED) is 0.628. The zero-order valence-electron chi connectivity index (χ0n) is 10.7. The molecule has 2 rings (SSSR count). The highest BCUT2D eigenvalue weighted by Crippen LogP contribution is 2.24. The summed E-state index contributed by atoms with van der Waals surface area (Å²) < 4.78 is 5.20. The fourth-order valence-electron chi connectivity index (χ4n) is 1.57. The molecule has 0 fully saturated rings. The van der Waals surface area contributed by atoms with Gasteiger partial charge in [-0.1, -0.05) is 22.8 Å². The van der Waals surface area contributed by atoms with Crippen molar-refractivity contribution in [2.45, 2.75) is 23.5 Å². The van der Waals surface area contributed by atoms with E-state index >= 15 is 0 Å². The minimum absolute atomic E-state index is 0.690. The van der Waals surface area contributed by atoms with E-state index in [0.29, 0.717) is 11.6 Å². The maximum Gasteiger partial charge on any atom is 0.226 e. The van der Waals surface area contributed by atoms with Crippen molar-refractivity contribution in [1.29, 1.82) is 0 Å². The third-order valence-corrected chi connectivity index (χ3v) is 3.72. The highest BCUT2D eigenvalue weighted by atomic mass is 35.5. The van der Waals surface area contributed by atoms with Gasteiger partial charge in [-0.15, -0.1) is 11.8 Å². The van der Waals surface area contributed by atoms with Crippen LogP contribution in [0.3, 0.4) is 0 Å². The van der Waals surface area contributed by atoms with Crippen molar-refractivity contribution >= 4 is 23.4 Å². The number of benzene rings is 1. The molecule has 2 aromatic rings. The van der Waals surface area contributed by atoms with Crippen LogP contribution in [0.25, 0.3) is 0 Å². The van der Waals surface area contributed by atoms with E-state index in [1.165, 1.54) is 0 Å². The van der Waals surface area contributed by atoms with Gasteiger partial charge in [0, 0.05) is 16.3 Å². The Kier molecular flexibility index (Phi) is 5.69. The number of nitrogens with zero attached hydrogens (tertiary/aromatic N) is 2. The van der Waals surface area contributed by atoms with E-state index in [1.54, 1.807) is 11.8 Å². The highest BCUT2D eigenvalue weighted by molar-refractivity contribution is 7.98. The molecular weight excluding hydrogens is 282 g/mol. The van der Waals surface area contributed by atoms with Crippen LogP contribution in [0.5, 0.6) is 0 Å². The maximum absolute atomic E-state index is 5.93. The van der Waals surface area contributed by atoms with Gasteiger partial charge in [-0.2, -0.15) is 4.98 Å². The Bertz CT molecular complexity index is 518. The number of nitrogens with one attached hydrogen (secondary N) is 1. The van der Waals surface area contributed by atoms with Crippen LogP contribution in [0.15, 0.2) is 33.7 Å². The van der Waals surface area contributed by atoms with E-state index in [0.717, 1.165) is 35.1 Å². The zero-order chi connectivity index (χ0) is 13.5. The smallest absolute Gasteiger partial charge is 0.226 e. The van der Waals surface area contributed by atoms with E-state index < -0.39 is 0 Å². The van der Waals surface area contributed by atoms with Crippen molar-refractivity contribution < 1.29 is 4.52 Å². The van der Waals surface area contributed by atoms with Crippen LogP contribution < -0.4 is 5.32 Å². The minimum Gasteiger partial charge on any atom is -0.339 e. The van der Waals surface area contributed by atoms with Gasteiger partial charge in [0.2, 0.25) is 5.89 Å². The number of aryl methyl sites for hydroxylation is 1. The van der Waals surface area contributed by atoms with Crippen molar-refractivity contribution in [3.8, 4) is 0 Å². The van der Waals surface area contributed by atoms with Crippen molar-refractivity contribution in [1.82, 2.24) is 15.5 Å². The Morgan fingerprint density at radius 3 is 3.11 bits per heavy atom. The summed E-state index contributed by atoms with van der Waals surface area (Å²) >= 11 is 7.58. The van der Waals surface area contributed by atoms with Gasteiger partial charge in [-0.3, -0.25) is 0 Å². The molecule has 4 nitrogen and oxygen atoms in total. The first-order valence-corrected chi connectivity index (χ1v) is 7.48. The molecule has 1 N–H and O–H groups in total. The lowest BCUT2D eigenvalue weighted by Crippen LogP contribution is -2.08. The average molecular weight is 298 g/mol. The Morgan fingerprint density at radius 2 is 2.32 bits per heavy atom. The predicted molar refractivity (Wildman–Crippen MR) is 77.6 cm³/mol. The summed E-state index contributed by atoms with van der Waals surface area (Å²) in [6, 6.07) is 7.74. The molecular formula is C13H16ClN3OS. The molecule has 0 saturated heterocycles. The highest BCUT2D eigenvalue weighted by Gasteiger charge is 2.06. The molecule has 19 heavy (non-hydrogen) atoms. The monoisotopic (exact) mass is 297 g/mol. The molecule has 0 spiro atoms. The van der Waals surface area contributed by atoms with Gasteiger partial charge in [-0.05, 0) is 38.2 Å². The van der Waals surface area contributed by atoms with E-state index in [4.69, 9.17) is 16.1 Å². The van der Waals surface area contributed by atoms with Gasteiger partial charge in [0.15, 0.2) is 5.82 Å². The molecule has 0 atom stereocenters. The van der Waals surface area contributed by atoms with Crippen LogP contribution in [0.1, 0.15) is 18.1 Å². The van der Waals surface area contributed by atoms with Crippen molar-refractivity contribution in [2.75, 3.05) is 13.6 Å². The average Bonchev–Trinajstić information content (AvgIpc) is 2.85. The second-order valence-electron chi connectivity index (χ2n) is 4.06. The number of thioether (sulfide) groups is 1. The Morgan fingerprint density at radius 1 is 1.42 bits per heavy atom. The molecule has 0 radical (unpaired) electrons. The van der Waals surface area contributed by atoms with E-state index in [1.807, 2.05) is 31.3 Å². The summed E-state index contributed by atoms with van der Waals surface area (Å²) in [6.07, 6.45) is 1.81. The van der Waals surface area contributed by atoms with Gasteiger partial charge in [0.25, 0.3) is 0 Å². The van der Waals surface area contributed by atoms with Crippen LogP contribution in [0.2, 0.25) is 5.02 Å². The number of hydrogen-bond donors (Lipinski definition) is 1. The number of halogens is 1. The normalized spacial score (nSPS) is 10.8. The van der Waals surface area contributed by atoms with Crippen LogP contribution in [0.4, 0.5) is 0 Å². The Balaban J connectivity index is 1.83. The molecule has 0 aliphatic carbocycles. The molecule has 0 saturated carbocycles. The molecule has 1 aromatic heterocycles. The molecule has 0 aliphatic rings. The van der Waals surface area contributed by atoms with Gasteiger partial charge in [0.1, 0.15) is 0 Å². The van der Waals surface area contributed by atoms with E-state index in [9.17, 15) is 0 Å². The van der Waals surface area contributed by atoms with E-state index in [-0.39, 0.29) is 0 Å². The fourth-order valence-corrected chi connectivity index (χ4v) is 2.62. The Labute approximate surface area is 121 Å². The number of rotatable bonds is 7. The first-order chi connectivity index (χ1) is 9.28. The second-order valence-corrected chi connectivity index (χ2v) is 5.54. The van der Waals surface area contributed by atoms with Gasteiger partial charge in [0.05, 0.1) is 5.75 Å². The summed E-state index contributed by atoms with van der Waals surface area (Å²) in [6.45, 7) is 0.953. The molecule has 1 heterocycles. The van der Waals surface area contributed by atoms with Crippen LogP contribution in [0, 0.1) is 0 Å². The molecule has 0 aliphatic heterocycles. The van der Waals surface area contributed by atoms with Crippen molar-refractivity contribution in [3.05, 3.63) is 41.0 Å². The third kappa shape index (κ3) is 4.86. The summed E-state index contributed by atoms with van der Waals surface area (Å²) in [4.78, 5) is 5.47. The molecule has 102 valence electrons. The number of hydrogen-bond acceptors (Lipinski definition) is 5. The fraction of sp³-hybridized carbons (Fsp3) is 0.385. The van der Waals surface area contributed by atoms with Crippen LogP contribution in [-0.4, -0.2) is 23.7 Å². The summed E-state index contributed by atoms with van der Waals surface area (Å²) in [5.74, 6) is 2.12. The SMILES string of the molecule is CNCCCc1nc(CSc2cccc(Cl)c2)no1. The molecule has 0 amide bonds. The largest absolute Gasteiger partial charge is 0.339 e. The maximum atomic E-state index is 5.93. The minimum atomic E-state index is 0.690. The summed E-state index contributed by atoms with van der Waals surface area (Å²) in [5.41, 5.74) is 0.